The van der Waals surface area contributed by atoms with Crippen molar-refractivity contribution in [3.63, 3.8) is 0 Å². The smallest absolute Gasteiger partial charge is 0.240 e. The number of fused-ring (bicyclic) bond motifs is 1. The van der Waals surface area contributed by atoms with Crippen molar-refractivity contribution < 1.29 is 13.2 Å². The van der Waals surface area contributed by atoms with Gasteiger partial charge in [0, 0.05) is 17.1 Å². The fourth-order valence-electron chi connectivity index (χ4n) is 4.79. The van der Waals surface area contributed by atoms with E-state index in [0.717, 1.165) is 52.7 Å². The molecule has 0 saturated heterocycles. The summed E-state index contributed by atoms with van der Waals surface area (Å²) in [4.78, 5) is 18.1. The summed E-state index contributed by atoms with van der Waals surface area (Å²) < 4.78 is 28.3. The van der Waals surface area contributed by atoms with Crippen molar-refractivity contribution in [3.8, 4) is 0 Å². The van der Waals surface area contributed by atoms with Crippen LogP contribution in [0.1, 0.15) is 62.1 Å². The molecule has 1 aromatic heterocycles. The first-order valence-corrected chi connectivity index (χ1v) is 15.0. The van der Waals surface area contributed by atoms with Crippen LogP contribution in [0, 0.1) is 20.8 Å². The van der Waals surface area contributed by atoms with Gasteiger partial charge >= 0.3 is 0 Å². The number of sulfonamides is 1. The molecule has 3 aromatic rings. The van der Waals surface area contributed by atoms with Crippen LogP contribution >= 0.6 is 11.8 Å². The number of benzene rings is 2. The molecule has 1 aliphatic carbocycles. The number of aryl methyl sites for hydroxylation is 3. The molecular formula is C28H35N3O3S2. The lowest BCUT2D eigenvalue weighted by Crippen LogP contribution is -2.36. The summed E-state index contributed by atoms with van der Waals surface area (Å²) in [6, 6.07) is 12.7. The third-order valence-corrected chi connectivity index (χ3v) is 9.54. The minimum atomic E-state index is -3.57. The number of aromatic nitrogens is 1. The molecule has 192 valence electrons. The SMILES string of the molecule is CCC(Sc1cc(C)c2cc(C)cc(C)c2n1)C(=O)Nc1ccc(S(=O)(=O)NC2CCCCC2)cc1. The van der Waals surface area contributed by atoms with Crippen LogP contribution in [0.3, 0.4) is 0 Å². The molecule has 1 saturated carbocycles. The molecule has 4 rings (SSSR count). The second-order valence-corrected chi connectivity index (χ2v) is 12.7. The summed E-state index contributed by atoms with van der Waals surface area (Å²) in [5.41, 5.74) is 5.02. The Morgan fingerprint density at radius 3 is 2.39 bits per heavy atom. The highest BCUT2D eigenvalue weighted by Gasteiger charge is 2.23. The molecule has 0 aliphatic heterocycles. The predicted octanol–water partition coefficient (Wildman–Crippen LogP) is 6.28. The van der Waals surface area contributed by atoms with Gasteiger partial charge in [0.2, 0.25) is 15.9 Å². The van der Waals surface area contributed by atoms with Crippen LogP contribution in [0.15, 0.2) is 52.4 Å². The summed E-state index contributed by atoms with van der Waals surface area (Å²) in [5, 5.41) is 4.58. The topological polar surface area (TPSA) is 88.2 Å². The molecule has 1 unspecified atom stereocenters. The van der Waals surface area contributed by atoms with Crippen LogP contribution in [-0.2, 0) is 14.8 Å². The largest absolute Gasteiger partial charge is 0.325 e. The van der Waals surface area contributed by atoms with Gasteiger partial charge in [-0.25, -0.2) is 18.1 Å². The maximum atomic E-state index is 13.1. The fourth-order valence-corrected chi connectivity index (χ4v) is 7.11. The van der Waals surface area contributed by atoms with Gasteiger partial charge in [0.25, 0.3) is 0 Å². The normalized spacial score (nSPS) is 15.7. The van der Waals surface area contributed by atoms with Crippen LogP contribution in [-0.4, -0.2) is 30.6 Å². The van der Waals surface area contributed by atoms with E-state index >= 15 is 0 Å². The Hall–Kier alpha value is -2.42. The molecule has 8 heteroatoms. The number of pyridine rings is 1. The molecule has 2 aromatic carbocycles. The zero-order chi connectivity index (χ0) is 25.9. The van der Waals surface area contributed by atoms with Crippen LogP contribution < -0.4 is 10.0 Å². The zero-order valence-corrected chi connectivity index (χ0v) is 23.1. The standard InChI is InChI=1S/C28H35N3O3S2/c1-5-25(35-26-17-19(3)24-16-18(2)15-20(4)27(24)30-26)28(32)29-21-11-13-23(14-12-21)36(33,34)31-22-9-7-6-8-10-22/h11-17,22,25,31H,5-10H2,1-4H3,(H,29,32). The van der Waals surface area contributed by atoms with E-state index in [-0.39, 0.29) is 22.1 Å². The van der Waals surface area contributed by atoms with E-state index < -0.39 is 10.0 Å². The molecule has 1 aliphatic rings. The Bertz CT molecular complexity index is 1350. The van der Waals surface area contributed by atoms with E-state index in [1.54, 1.807) is 24.3 Å². The second kappa shape index (κ2) is 11.3. The van der Waals surface area contributed by atoms with E-state index in [2.05, 4.69) is 42.9 Å². The molecule has 6 nitrogen and oxygen atoms in total. The molecule has 1 heterocycles. The Labute approximate surface area is 218 Å². The minimum absolute atomic E-state index is 0.00521. The summed E-state index contributed by atoms with van der Waals surface area (Å²) in [6.45, 7) is 8.20. The third-order valence-electron chi connectivity index (χ3n) is 6.72. The van der Waals surface area contributed by atoms with E-state index in [9.17, 15) is 13.2 Å². The van der Waals surface area contributed by atoms with Crippen molar-refractivity contribution in [1.82, 2.24) is 9.71 Å². The summed E-state index contributed by atoms with van der Waals surface area (Å²) in [6.07, 6.45) is 5.69. The summed E-state index contributed by atoms with van der Waals surface area (Å²) >= 11 is 1.46. The molecular weight excluding hydrogens is 490 g/mol. The van der Waals surface area contributed by atoms with Crippen molar-refractivity contribution in [2.45, 2.75) is 87.4 Å². The van der Waals surface area contributed by atoms with Gasteiger partial charge in [0.15, 0.2) is 0 Å². The molecule has 1 amide bonds. The Balaban J connectivity index is 1.44. The highest BCUT2D eigenvalue weighted by Crippen LogP contribution is 2.31. The lowest BCUT2D eigenvalue weighted by molar-refractivity contribution is -0.115. The molecule has 1 atom stereocenters. The molecule has 0 spiro atoms. The van der Waals surface area contributed by atoms with Gasteiger partial charge in [-0.3, -0.25) is 4.79 Å². The van der Waals surface area contributed by atoms with E-state index in [4.69, 9.17) is 4.98 Å². The van der Waals surface area contributed by atoms with Crippen LogP contribution in [0.25, 0.3) is 10.9 Å². The van der Waals surface area contributed by atoms with Gasteiger partial charge < -0.3 is 5.32 Å². The number of amides is 1. The number of hydrogen-bond acceptors (Lipinski definition) is 5. The quantitative estimate of drug-likeness (QED) is 0.338. The number of rotatable bonds is 8. The average Bonchev–Trinajstić information content (AvgIpc) is 2.84. The van der Waals surface area contributed by atoms with E-state index in [1.165, 1.54) is 23.7 Å². The van der Waals surface area contributed by atoms with Crippen LogP contribution in [0.5, 0.6) is 0 Å². The van der Waals surface area contributed by atoms with Crippen molar-refractivity contribution in [3.05, 3.63) is 59.2 Å². The number of nitrogens with zero attached hydrogens (tertiary/aromatic N) is 1. The molecule has 2 N–H and O–H groups in total. The van der Waals surface area contributed by atoms with Gasteiger partial charge in [-0.2, -0.15) is 0 Å². The maximum Gasteiger partial charge on any atom is 0.240 e. The number of carbonyl (C=O) groups is 1. The van der Waals surface area contributed by atoms with Gasteiger partial charge in [0.1, 0.15) is 0 Å². The third kappa shape index (κ3) is 6.28. The van der Waals surface area contributed by atoms with Crippen molar-refractivity contribution in [2.24, 2.45) is 0 Å². The first-order chi connectivity index (χ1) is 17.2. The van der Waals surface area contributed by atoms with E-state index in [1.807, 2.05) is 13.0 Å². The maximum absolute atomic E-state index is 13.1. The lowest BCUT2D eigenvalue weighted by Gasteiger charge is -2.22. The first kappa shape index (κ1) is 26.6. The number of thioether (sulfide) groups is 1. The fraction of sp³-hybridized carbons (Fsp3) is 0.429. The van der Waals surface area contributed by atoms with Crippen molar-refractivity contribution in [1.29, 1.82) is 0 Å². The summed E-state index contributed by atoms with van der Waals surface area (Å²) in [5.74, 6) is -0.126. The first-order valence-electron chi connectivity index (χ1n) is 12.6. The minimum Gasteiger partial charge on any atom is -0.325 e. The Morgan fingerprint density at radius 2 is 1.72 bits per heavy atom. The summed E-state index contributed by atoms with van der Waals surface area (Å²) in [7, 11) is -3.57. The molecule has 36 heavy (non-hydrogen) atoms. The zero-order valence-electron chi connectivity index (χ0n) is 21.4. The number of hydrogen-bond donors (Lipinski definition) is 2. The highest BCUT2D eigenvalue weighted by atomic mass is 32.2. The van der Waals surface area contributed by atoms with Gasteiger partial charge in [-0.05, 0) is 87.6 Å². The van der Waals surface area contributed by atoms with Gasteiger partial charge in [-0.1, -0.05) is 49.6 Å². The number of anilines is 1. The lowest BCUT2D eigenvalue weighted by atomic mass is 9.96. The second-order valence-electron chi connectivity index (χ2n) is 9.74. The molecule has 0 bridgehead atoms. The van der Waals surface area contributed by atoms with Crippen molar-refractivity contribution in [2.75, 3.05) is 5.32 Å². The predicted molar refractivity (Wildman–Crippen MR) is 148 cm³/mol. The van der Waals surface area contributed by atoms with Gasteiger partial charge in [-0.15, -0.1) is 0 Å². The molecule has 1 fully saturated rings. The molecule has 0 radical (unpaired) electrons. The highest BCUT2D eigenvalue weighted by molar-refractivity contribution is 8.00. The number of nitrogens with one attached hydrogen (secondary N) is 2. The van der Waals surface area contributed by atoms with Crippen molar-refractivity contribution >= 4 is 44.3 Å². The monoisotopic (exact) mass is 525 g/mol. The van der Waals surface area contributed by atoms with E-state index in [0.29, 0.717) is 12.1 Å². The average molecular weight is 526 g/mol. The Kier molecular flexibility index (Phi) is 8.37. The number of carbonyl (C=O) groups excluding carboxylic acids is 1. The van der Waals surface area contributed by atoms with Crippen LogP contribution in [0.2, 0.25) is 0 Å². The van der Waals surface area contributed by atoms with Crippen LogP contribution in [0.4, 0.5) is 5.69 Å². The Morgan fingerprint density at radius 1 is 1.03 bits per heavy atom. The van der Waals surface area contributed by atoms with Gasteiger partial charge in [0.05, 0.1) is 20.7 Å².